The van der Waals surface area contributed by atoms with Gasteiger partial charge in [-0.3, -0.25) is 4.68 Å². The van der Waals surface area contributed by atoms with E-state index in [1.807, 2.05) is 4.68 Å². The van der Waals surface area contributed by atoms with E-state index in [0.717, 1.165) is 29.6 Å². The van der Waals surface area contributed by atoms with E-state index in [-0.39, 0.29) is 23.7 Å². The van der Waals surface area contributed by atoms with Crippen LogP contribution in [0.3, 0.4) is 0 Å². The number of hydrogen-bond acceptors (Lipinski definition) is 2. The Hall–Kier alpha value is -1.62. The van der Waals surface area contributed by atoms with Crippen LogP contribution < -0.4 is 5.46 Å². The zero-order valence-electron chi connectivity index (χ0n) is 16.1. The van der Waals surface area contributed by atoms with Gasteiger partial charge in [-0.1, -0.05) is 27.7 Å². The van der Waals surface area contributed by atoms with Gasteiger partial charge in [0, 0.05) is 18.3 Å². The summed E-state index contributed by atoms with van der Waals surface area (Å²) in [6, 6.07) is 6.58. The predicted octanol–water partition coefficient (Wildman–Crippen LogP) is 4.38. The molecule has 1 aromatic carbocycles. The fraction of sp³-hybridized carbons (Fsp3) is 0.550. The highest BCUT2D eigenvalue weighted by Gasteiger charge is 2.50. The predicted molar refractivity (Wildman–Crippen MR) is 102 cm³/mol. The molecule has 5 heteroatoms. The van der Waals surface area contributed by atoms with Crippen molar-refractivity contribution in [3.63, 3.8) is 0 Å². The van der Waals surface area contributed by atoms with Gasteiger partial charge in [0.2, 0.25) is 0 Å². The quantitative estimate of drug-likeness (QED) is 0.771. The highest BCUT2D eigenvalue weighted by atomic mass is 19.1. The molecule has 1 fully saturated rings. The Balaban J connectivity index is 2.03. The molecule has 0 saturated carbocycles. The van der Waals surface area contributed by atoms with Crippen LogP contribution in [0, 0.1) is 17.2 Å². The van der Waals surface area contributed by atoms with Crippen LogP contribution in [0.4, 0.5) is 4.39 Å². The minimum Gasteiger partial charge on any atom is -0.425 e. The monoisotopic (exact) mass is 342 g/mol. The molecule has 0 amide bonds. The largest absolute Gasteiger partial charge is 0.425 e. The minimum absolute atomic E-state index is 0.00552. The fourth-order valence-corrected chi connectivity index (χ4v) is 3.41. The number of rotatable bonds is 4. The smallest absolute Gasteiger partial charge is 0.331 e. The van der Waals surface area contributed by atoms with Crippen molar-refractivity contribution in [2.45, 2.75) is 60.0 Å². The molecular weight excluding hydrogens is 314 g/mol. The van der Waals surface area contributed by atoms with Crippen molar-refractivity contribution in [1.29, 1.82) is 0 Å². The topological polar surface area (TPSA) is 27.1 Å². The molecule has 1 aliphatic heterocycles. The van der Waals surface area contributed by atoms with Crippen LogP contribution >= 0.6 is 0 Å². The Morgan fingerprint density at radius 3 is 2.36 bits per heavy atom. The summed E-state index contributed by atoms with van der Waals surface area (Å²) in [6.45, 7) is 14.0. The van der Waals surface area contributed by atoms with Gasteiger partial charge >= 0.3 is 6.92 Å². The van der Waals surface area contributed by atoms with Crippen LogP contribution in [0.1, 0.15) is 41.5 Å². The molecule has 0 unspecified atom stereocenters. The van der Waals surface area contributed by atoms with E-state index >= 15 is 0 Å². The molecule has 1 aromatic heterocycles. The summed E-state index contributed by atoms with van der Waals surface area (Å²) in [5.74, 6) is 0.275. The highest BCUT2D eigenvalue weighted by molar-refractivity contribution is 6.69. The van der Waals surface area contributed by atoms with E-state index < -0.39 is 0 Å². The van der Waals surface area contributed by atoms with Crippen molar-refractivity contribution in [2.75, 3.05) is 0 Å². The van der Waals surface area contributed by atoms with Crippen LogP contribution in [0.25, 0.3) is 11.3 Å². The third kappa shape index (κ3) is 3.52. The van der Waals surface area contributed by atoms with Gasteiger partial charge < -0.3 is 4.65 Å². The Bertz CT molecular complexity index is 734. The molecule has 1 saturated heterocycles. The van der Waals surface area contributed by atoms with Gasteiger partial charge in [0.15, 0.2) is 0 Å². The van der Waals surface area contributed by atoms with Gasteiger partial charge in [-0.05, 0) is 61.2 Å². The third-order valence-electron chi connectivity index (χ3n) is 5.57. The minimum atomic E-state index is -0.230. The maximum atomic E-state index is 13.3. The molecule has 0 bridgehead atoms. The summed E-state index contributed by atoms with van der Waals surface area (Å²) < 4.78 is 21.8. The fourth-order valence-electron chi connectivity index (χ4n) is 3.41. The van der Waals surface area contributed by atoms with Gasteiger partial charge in [0.05, 0.1) is 11.3 Å². The maximum Gasteiger partial charge on any atom is 0.331 e. The molecule has 0 radical (unpaired) electrons. The summed E-state index contributed by atoms with van der Waals surface area (Å²) in [4.78, 5) is 0. The number of hydrogen-bond donors (Lipinski definition) is 0. The first-order valence-electron chi connectivity index (χ1n) is 9.10. The van der Waals surface area contributed by atoms with Crippen LogP contribution in [-0.4, -0.2) is 22.3 Å². The lowest BCUT2D eigenvalue weighted by atomic mass is 9.54. The second-order valence-electron chi connectivity index (χ2n) is 8.76. The first kappa shape index (κ1) is 18.2. The molecule has 134 valence electrons. The van der Waals surface area contributed by atoms with E-state index in [1.165, 1.54) is 12.1 Å². The number of benzene rings is 1. The van der Waals surface area contributed by atoms with Crippen molar-refractivity contribution in [2.24, 2.45) is 11.3 Å². The van der Waals surface area contributed by atoms with Gasteiger partial charge in [0.25, 0.3) is 0 Å². The molecule has 2 heterocycles. The Labute approximate surface area is 150 Å². The third-order valence-corrected chi connectivity index (χ3v) is 5.57. The molecule has 0 aliphatic carbocycles. The van der Waals surface area contributed by atoms with Crippen molar-refractivity contribution in [3.05, 3.63) is 36.3 Å². The first-order chi connectivity index (χ1) is 11.6. The van der Waals surface area contributed by atoms with Gasteiger partial charge in [-0.25, -0.2) is 4.39 Å². The van der Waals surface area contributed by atoms with Crippen molar-refractivity contribution in [3.8, 4) is 11.3 Å². The summed E-state index contributed by atoms with van der Waals surface area (Å²) >= 11 is 0. The molecule has 1 aliphatic rings. The average molecular weight is 342 g/mol. The van der Waals surface area contributed by atoms with Gasteiger partial charge in [-0.2, -0.15) is 5.10 Å². The Morgan fingerprint density at radius 1 is 1.20 bits per heavy atom. The van der Waals surface area contributed by atoms with Crippen LogP contribution in [0.2, 0.25) is 6.32 Å². The second kappa shape index (κ2) is 6.28. The average Bonchev–Trinajstić information content (AvgIpc) is 2.98. The van der Waals surface area contributed by atoms with Crippen molar-refractivity contribution < 1.29 is 9.04 Å². The zero-order chi connectivity index (χ0) is 18.4. The first-order valence-corrected chi connectivity index (χ1v) is 9.10. The molecule has 0 atom stereocenters. The van der Waals surface area contributed by atoms with E-state index in [9.17, 15) is 4.39 Å². The Morgan fingerprint density at radius 2 is 1.84 bits per heavy atom. The molecule has 0 spiro atoms. The summed E-state index contributed by atoms with van der Waals surface area (Å²) in [5.41, 5.74) is 2.82. The lowest BCUT2D eigenvalue weighted by Crippen LogP contribution is -2.36. The number of nitrogens with zero attached hydrogens (tertiary/aromatic N) is 2. The van der Waals surface area contributed by atoms with Crippen molar-refractivity contribution in [1.82, 2.24) is 9.78 Å². The summed E-state index contributed by atoms with van der Waals surface area (Å²) in [5, 5.41) is 4.80. The molecule has 0 N–H and O–H groups in total. The van der Waals surface area contributed by atoms with E-state index in [0.29, 0.717) is 5.92 Å². The molecule has 25 heavy (non-hydrogen) atoms. The Kier molecular flexibility index (Phi) is 4.57. The zero-order valence-corrected chi connectivity index (χ0v) is 16.1. The van der Waals surface area contributed by atoms with Gasteiger partial charge in [-0.15, -0.1) is 0 Å². The van der Waals surface area contributed by atoms with Gasteiger partial charge in [0.1, 0.15) is 5.82 Å². The van der Waals surface area contributed by atoms with E-state index in [2.05, 4.69) is 47.7 Å². The van der Waals surface area contributed by atoms with E-state index in [1.54, 1.807) is 12.1 Å². The molecule has 3 nitrogen and oxygen atoms in total. The summed E-state index contributed by atoms with van der Waals surface area (Å²) in [6.07, 6.45) is 3.06. The second-order valence-corrected chi connectivity index (χ2v) is 8.76. The SMILES string of the molecule is CC(C)Cn1cc(B2CC(C)(C)C(C)(C)O2)c(-c2ccc(F)cc2)n1. The molecule has 3 rings (SSSR count). The van der Waals surface area contributed by atoms with Crippen LogP contribution in [0.15, 0.2) is 30.5 Å². The lowest BCUT2D eigenvalue weighted by molar-refractivity contribution is 0.0375. The molecule has 2 aromatic rings. The number of halogens is 1. The lowest BCUT2D eigenvalue weighted by Gasteiger charge is -2.34. The molecular formula is C20H28BFN2O. The van der Waals surface area contributed by atoms with Crippen molar-refractivity contribution >= 4 is 12.4 Å². The van der Waals surface area contributed by atoms with E-state index in [4.69, 9.17) is 9.75 Å². The maximum absolute atomic E-state index is 13.3. The standard InChI is InChI=1S/C20H28BFN2O/c1-14(2)11-24-12-17(21-13-19(3,4)20(5,6)25-21)18(23-24)15-7-9-16(22)10-8-15/h7-10,12,14H,11,13H2,1-6H3. The van der Waals surface area contributed by atoms with Crippen LogP contribution in [-0.2, 0) is 11.2 Å². The highest BCUT2D eigenvalue weighted by Crippen LogP contribution is 2.45. The summed E-state index contributed by atoms with van der Waals surface area (Å²) in [7, 11) is 0. The van der Waals surface area contributed by atoms with Crippen LogP contribution in [0.5, 0.6) is 0 Å². The number of aromatic nitrogens is 2. The normalized spacial score (nSPS) is 19.0.